The van der Waals surface area contributed by atoms with Gasteiger partial charge in [0.25, 0.3) is 0 Å². The number of rotatable bonds is 7. The summed E-state index contributed by atoms with van der Waals surface area (Å²) in [5.74, 6) is 1.77. The van der Waals surface area contributed by atoms with Gasteiger partial charge in [-0.25, -0.2) is 9.78 Å². The first-order chi connectivity index (χ1) is 17.2. The number of ether oxygens (including phenoxy) is 2. The Morgan fingerprint density at radius 3 is 2.47 bits per heavy atom. The highest BCUT2D eigenvalue weighted by atomic mass is 16.6. The monoisotopic (exact) mass is 489 g/mol. The van der Waals surface area contributed by atoms with Crippen molar-refractivity contribution in [3.63, 3.8) is 0 Å². The molecule has 1 aromatic heterocycles. The maximum atomic E-state index is 12.7. The molecule has 0 unspecified atom stereocenters. The zero-order valence-corrected chi connectivity index (χ0v) is 22.1. The molecule has 6 heteroatoms. The third-order valence-electron chi connectivity index (χ3n) is 7.49. The van der Waals surface area contributed by atoms with E-state index in [0.717, 1.165) is 36.6 Å². The SMILES string of the molecule is Cc1ccc2nc(COCC3(c4ccccc4)CCN(C(=O)OC(C)(C)C)CC3)n(CC3CC3)c2c1. The fourth-order valence-corrected chi connectivity index (χ4v) is 5.24. The van der Waals surface area contributed by atoms with Gasteiger partial charge in [0.05, 0.1) is 17.6 Å². The molecule has 36 heavy (non-hydrogen) atoms. The molecule has 5 rings (SSSR count). The lowest BCUT2D eigenvalue weighted by molar-refractivity contribution is 0.00242. The van der Waals surface area contributed by atoms with Gasteiger partial charge in [-0.15, -0.1) is 0 Å². The Kier molecular flexibility index (Phi) is 6.82. The number of hydrogen-bond acceptors (Lipinski definition) is 4. The summed E-state index contributed by atoms with van der Waals surface area (Å²) >= 11 is 0. The lowest BCUT2D eigenvalue weighted by Gasteiger charge is -2.42. The standard InChI is InChI=1S/C30H39N3O3/c1-22-10-13-25-26(18-22)33(19-23-11-12-23)27(31-25)20-35-21-30(24-8-6-5-7-9-24)14-16-32(17-15-30)28(34)36-29(2,3)4/h5-10,13,18,23H,11-12,14-17,19-21H2,1-4H3. The van der Waals surface area contributed by atoms with Gasteiger partial charge in [-0.1, -0.05) is 36.4 Å². The van der Waals surface area contributed by atoms with E-state index in [-0.39, 0.29) is 11.5 Å². The van der Waals surface area contributed by atoms with E-state index in [1.807, 2.05) is 25.7 Å². The number of benzene rings is 2. The molecule has 0 bridgehead atoms. The van der Waals surface area contributed by atoms with Crippen LogP contribution in [0, 0.1) is 12.8 Å². The van der Waals surface area contributed by atoms with Crippen LogP contribution >= 0.6 is 0 Å². The van der Waals surface area contributed by atoms with Gasteiger partial charge in [-0.05, 0) is 82.6 Å². The second kappa shape index (κ2) is 9.89. The molecule has 1 amide bonds. The number of fused-ring (bicyclic) bond motifs is 1. The van der Waals surface area contributed by atoms with Crippen LogP contribution in [0.5, 0.6) is 0 Å². The van der Waals surface area contributed by atoms with Crippen LogP contribution in [0.3, 0.4) is 0 Å². The Morgan fingerprint density at radius 1 is 1.08 bits per heavy atom. The van der Waals surface area contributed by atoms with Crippen molar-refractivity contribution in [1.82, 2.24) is 14.5 Å². The van der Waals surface area contributed by atoms with Gasteiger partial charge in [0.2, 0.25) is 0 Å². The van der Waals surface area contributed by atoms with E-state index in [9.17, 15) is 4.79 Å². The van der Waals surface area contributed by atoms with Gasteiger partial charge >= 0.3 is 6.09 Å². The molecule has 192 valence electrons. The van der Waals surface area contributed by atoms with Gasteiger partial charge in [0, 0.05) is 25.0 Å². The highest BCUT2D eigenvalue weighted by Crippen LogP contribution is 2.37. The lowest BCUT2D eigenvalue weighted by Crippen LogP contribution is -2.48. The Bertz CT molecular complexity index is 1200. The third kappa shape index (κ3) is 5.59. The predicted molar refractivity (Wildman–Crippen MR) is 142 cm³/mol. The lowest BCUT2D eigenvalue weighted by atomic mass is 9.73. The summed E-state index contributed by atoms with van der Waals surface area (Å²) in [5, 5.41) is 0. The molecule has 0 atom stereocenters. The summed E-state index contributed by atoms with van der Waals surface area (Å²) in [7, 11) is 0. The Balaban J connectivity index is 1.31. The second-order valence-electron chi connectivity index (χ2n) is 11.7. The van der Waals surface area contributed by atoms with Crippen LogP contribution in [-0.4, -0.2) is 45.8 Å². The molecule has 2 aromatic carbocycles. The maximum absolute atomic E-state index is 12.7. The summed E-state index contributed by atoms with van der Waals surface area (Å²) in [6.45, 7) is 11.3. The van der Waals surface area contributed by atoms with Crippen LogP contribution in [0.1, 0.15) is 63.4 Å². The minimum Gasteiger partial charge on any atom is -0.444 e. The maximum Gasteiger partial charge on any atom is 0.410 e. The molecule has 2 fully saturated rings. The van der Waals surface area contributed by atoms with Crippen molar-refractivity contribution in [2.75, 3.05) is 19.7 Å². The summed E-state index contributed by atoms with van der Waals surface area (Å²) < 4.78 is 14.5. The van der Waals surface area contributed by atoms with E-state index in [1.165, 1.54) is 29.5 Å². The molecule has 2 aliphatic rings. The summed E-state index contributed by atoms with van der Waals surface area (Å²) in [6.07, 6.45) is 4.06. The van der Waals surface area contributed by atoms with E-state index in [0.29, 0.717) is 26.3 Å². The number of imidazole rings is 1. The number of carbonyl (C=O) groups excluding carboxylic acids is 1. The second-order valence-corrected chi connectivity index (χ2v) is 11.7. The van der Waals surface area contributed by atoms with Crippen molar-refractivity contribution in [3.05, 3.63) is 65.5 Å². The predicted octanol–water partition coefficient (Wildman–Crippen LogP) is 6.24. The Morgan fingerprint density at radius 2 is 1.81 bits per heavy atom. The number of carbonyl (C=O) groups is 1. The minimum absolute atomic E-state index is 0.135. The number of piperidine rings is 1. The zero-order valence-electron chi connectivity index (χ0n) is 22.1. The van der Waals surface area contributed by atoms with E-state index in [1.54, 1.807) is 0 Å². The van der Waals surface area contributed by atoms with E-state index >= 15 is 0 Å². The van der Waals surface area contributed by atoms with Crippen LogP contribution in [0.15, 0.2) is 48.5 Å². The van der Waals surface area contributed by atoms with Gasteiger partial charge in [0.1, 0.15) is 18.0 Å². The number of aryl methyl sites for hydroxylation is 1. The first-order valence-corrected chi connectivity index (χ1v) is 13.3. The number of likely N-dealkylation sites (tertiary alicyclic amines) is 1. The highest BCUT2D eigenvalue weighted by molar-refractivity contribution is 5.77. The minimum atomic E-state index is -0.487. The zero-order chi connectivity index (χ0) is 25.3. The van der Waals surface area contributed by atoms with Gasteiger partial charge < -0.3 is 18.9 Å². The number of nitrogens with zero attached hydrogens (tertiary/aromatic N) is 3. The number of aromatic nitrogens is 2. The third-order valence-corrected chi connectivity index (χ3v) is 7.49. The first-order valence-electron chi connectivity index (χ1n) is 13.3. The normalized spacial score (nSPS) is 17.9. The largest absolute Gasteiger partial charge is 0.444 e. The van der Waals surface area contributed by atoms with E-state index in [2.05, 4.69) is 60.0 Å². The fraction of sp³-hybridized carbons (Fsp3) is 0.533. The first kappa shape index (κ1) is 24.8. The quantitative estimate of drug-likeness (QED) is 0.394. The number of hydrogen-bond donors (Lipinski definition) is 0. The van der Waals surface area contributed by atoms with Crippen LogP contribution < -0.4 is 0 Å². The van der Waals surface area contributed by atoms with Crippen molar-refractivity contribution in [3.8, 4) is 0 Å². The average molecular weight is 490 g/mol. The summed E-state index contributed by atoms with van der Waals surface area (Å²) in [4.78, 5) is 19.4. The molecule has 0 N–H and O–H groups in total. The molecule has 1 aliphatic carbocycles. The van der Waals surface area contributed by atoms with Crippen molar-refractivity contribution < 1.29 is 14.3 Å². The molecule has 1 aliphatic heterocycles. The highest BCUT2D eigenvalue weighted by Gasteiger charge is 2.39. The topological polar surface area (TPSA) is 56.6 Å². The van der Waals surface area contributed by atoms with Crippen LogP contribution in [-0.2, 0) is 28.0 Å². The molecule has 1 saturated carbocycles. The average Bonchev–Trinajstić information content (AvgIpc) is 3.61. The smallest absolute Gasteiger partial charge is 0.410 e. The number of amides is 1. The molecule has 6 nitrogen and oxygen atoms in total. The van der Waals surface area contributed by atoms with Gasteiger partial charge in [0.15, 0.2) is 0 Å². The van der Waals surface area contributed by atoms with Crippen LogP contribution in [0.2, 0.25) is 0 Å². The molecular formula is C30H39N3O3. The van der Waals surface area contributed by atoms with Crippen molar-refractivity contribution in [2.24, 2.45) is 5.92 Å². The van der Waals surface area contributed by atoms with Gasteiger partial charge in [-0.3, -0.25) is 0 Å². The van der Waals surface area contributed by atoms with Gasteiger partial charge in [-0.2, -0.15) is 0 Å². The molecule has 2 heterocycles. The summed E-state index contributed by atoms with van der Waals surface area (Å²) in [5.41, 5.74) is 4.16. The van der Waals surface area contributed by atoms with Crippen molar-refractivity contribution in [1.29, 1.82) is 0 Å². The Hall–Kier alpha value is -2.86. The molecule has 1 saturated heterocycles. The molecule has 0 radical (unpaired) electrons. The van der Waals surface area contributed by atoms with Crippen LogP contribution in [0.25, 0.3) is 11.0 Å². The summed E-state index contributed by atoms with van der Waals surface area (Å²) in [6, 6.07) is 17.1. The Labute approximate surface area is 214 Å². The van der Waals surface area contributed by atoms with Crippen LogP contribution in [0.4, 0.5) is 4.79 Å². The van der Waals surface area contributed by atoms with Crippen molar-refractivity contribution >= 4 is 17.1 Å². The van der Waals surface area contributed by atoms with Crippen molar-refractivity contribution in [2.45, 2.75) is 77.5 Å². The molecule has 0 spiro atoms. The van der Waals surface area contributed by atoms with E-state index in [4.69, 9.17) is 14.5 Å². The van der Waals surface area contributed by atoms with E-state index < -0.39 is 5.60 Å². The molecular weight excluding hydrogens is 450 g/mol. The molecule has 3 aromatic rings. The fourth-order valence-electron chi connectivity index (χ4n) is 5.24.